The highest BCUT2D eigenvalue weighted by atomic mass is 32.1. The van der Waals surface area contributed by atoms with Crippen LogP contribution in [0.2, 0.25) is 0 Å². The van der Waals surface area contributed by atoms with Gasteiger partial charge in [0.2, 0.25) is 5.91 Å². The number of benzene rings is 2. The van der Waals surface area contributed by atoms with Gasteiger partial charge in [-0.15, -0.1) is 11.3 Å². The first-order chi connectivity index (χ1) is 18.2. The van der Waals surface area contributed by atoms with Crippen LogP contribution in [0.15, 0.2) is 54.6 Å². The lowest BCUT2D eigenvalue weighted by molar-refractivity contribution is -0.111. The van der Waals surface area contributed by atoms with Crippen molar-refractivity contribution in [2.75, 3.05) is 19.5 Å². The summed E-state index contributed by atoms with van der Waals surface area (Å²) in [5.41, 5.74) is 3.53. The first kappa shape index (κ1) is 27.5. The van der Waals surface area contributed by atoms with Gasteiger partial charge in [0.1, 0.15) is 11.6 Å². The Labute approximate surface area is 228 Å². The number of rotatable bonds is 8. The molecule has 3 aromatic rings. The summed E-state index contributed by atoms with van der Waals surface area (Å²) in [4.78, 5) is 26.7. The second-order valence-corrected chi connectivity index (χ2v) is 11.6. The monoisotopic (exact) mass is 533 g/mol. The van der Waals surface area contributed by atoms with Crippen LogP contribution in [0.25, 0.3) is 6.08 Å². The lowest BCUT2D eigenvalue weighted by atomic mass is 9.72. The van der Waals surface area contributed by atoms with Crippen LogP contribution >= 0.6 is 11.3 Å². The molecular weight excluding hydrogens is 498 g/mol. The second-order valence-electron chi connectivity index (χ2n) is 10.5. The Bertz CT molecular complexity index is 1320. The highest BCUT2D eigenvalue weighted by molar-refractivity contribution is 7.17. The Morgan fingerprint density at radius 3 is 2.53 bits per heavy atom. The van der Waals surface area contributed by atoms with E-state index in [1.807, 2.05) is 48.5 Å². The topological polar surface area (TPSA) is 73.9 Å². The summed E-state index contributed by atoms with van der Waals surface area (Å²) in [6.07, 6.45) is 5.88. The molecule has 1 aliphatic carbocycles. The average molecular weight is 534 g/mol. The standard InChI is InChI=1S/C31H35NO5S/c1-31(2,3)22-13-14-23-26(18-22)38-29(28(23)30(34)36-5)32-27(33)16-12-20-11-15-24(25(17-20)35-4)37-19-21-9-7-6-8-10-21/h6-12,15-17,22H,13-14,18-19H2,1-5H3,(H,32,33)/b16-12+/t22-/m1/s1. The Morgan fingerprint density at radius 2 is 1.84 bits per heavy atom. The predicted octanol–water partition coefficient (Wildman–Crippen LogP) is 6.93. The van der Waals surface area contributed by atoms with Crippen LogP contribution in [0.3, 0.4) is 0 Å². The van der Waals surface area contributed by atoms with Crippen LogP contribution in [0.5, 0.6) is 11.5 Å². The van der Waals surface area contributed by atoms with Crippen molar-refractivity contribution in [3.8, 4) is 11.5 Å². The molecule has 1 atom stereocenters. The molecule has 38 heavy (non-hydrogen) atoms. The van der Waals surface area contributed by atoms with Crippen molar-refractivity contribution >= 4 is 34.3 Å². The number of anilines is 1. The third-order valence-electron chi connectivity index (χ3n) is 6.97. The van der Waals surface area contributed by atoms with E-state index in [2.05, 4.69) is 26.1 Å². The number of esters is 1. The molecule has 0 fully saturated rings. The number of hydrogen-bond donors (Lipinski definition) is 1. The van der Waals surface area contributed by atoms with E-state index in [-0.39, 0.29) is 11.3 Å². The van der Waals surface area contributed by atoms with Gasteiger partial charge >= 0.3 is 5.97 Å². The molecule has 1 N–H and O–H groups in total. The van der Waals surface area contributed by atoms with Gasteiger partial charge in [-0.3, -0.25) is 4.79 Å². The van der Waals surface area contributed by atoms with Crippen molar-refractivity contribution in [3.63, 3.8) is 0 Å². The maximum Gasteiger partial charge on any atom is 0.341 e. The molecule has 1 aliphatic rings. The van der Waals surface area contributed by atoms with Gasteiger partial charge in [-0.25, -0.2) is 4.79 Å². The Hall–Kier alpha value is -3.58. The number of methoxy groups -OCH3 is 2. The third kappa shape index (κ3) is 6.45. The first-order valence-corrected chi connectivity index (χ1v) is 13.6. The number of fused-ring (bicyclic) bond motifs is 1. The Balaban J connectivity index is 1.47. The molecule has 1 heterocycles. The number of carbonyl (C=O) groups excluding carboxylic acids is 2. The van der Waals surface area contributed by atoms with Gasteiger partial charge in [-0.05, 0) is 65.5 Å². The number of hydrogen-bond acceptors (Lipinski definition) is 6. The maximum atomic E-state index is 12.9. The van der Waals surface area contributed by atoms with Crippen molar-refractivity contribution in [1.82, 2.24) is 0 Å². The molecule has 1 aromatic heterocycles. The van der Waals surface area contributed by atoms with Gasteiger partial charge in [-0.2, -0.15) is 0 Å². The van der Waals surface area contributed by atoms with Crippen LogP contribution < -0.4 is 14.8 Å². The summed E-state index contributed by atoms with van der Waals surface area (Å²) in [7, 11) is 2.96. The van der Waals surface area contributed by atoms with Crippen LogP contribution in [0.1, 0.15) is 59.1 Å². The summed E-state index contributed by atoms with van der Waals surface area (Å²) in [6.45, 7) is 7.18. The summed E-state index contributed by atoms with van der Waals surface area (Å²) in [5, 5.41) is 3.47. The second kappa shape index (κ2) is 11.9. The third-order valence-corrected chi connectivity index (χ3v) is 8.14. The summed E-state index contributed by atoms with van der Waals surface area (Å²) >= 11 is 1.48. The fraction of sp³-hybridized carbons (Fsp3) is 0.355. The minimum atomic E-state index is -0.410. The van der Waals surface area contributed by atoms with Crippen molar-refractivity contribution in [1.29, 1.82) is 0 Å². The zero-order valence-electron chi connectivity index (χ0n) is 22.6. The lowest BCUT2D eigenvalue weighted by Crippen LogP contribution is -2.26. The summed E-state index contributed by atoms with van der Waals surface area (Å²) in [6, 6.07) is 15.4. The van der Waals surface area contributed by atoms with Crippen LogP contribution in [0, 0.1) is 11.3 Å². The van der Waals surface area contributed by atoms with E-state index in [0.29, 0.717) is 34.6 Å². The fourth-order valence-corrected chi connectivity index (χ4v) is 6.02. The molecule has 0 spiro atoms. The minimum absolute atomic E-state index is 0.183. The summed E-state index contributed by atoms with van der Waals surface area (Å²) in [5.74, 6) is 1.00. The van der Waals surface area contributed by atoms with E-state index in [4.69, 9.17) is 14.2 Å². The lowest BCUT2D eigenvalue weighted by Gasteiger charge is -2.33. The highest BCUT2D eigenvalue weighted by Gasteiger charge is 2.34. The largest absolute Gasteiger partial charge is 0.493 e. The van der Waals surface area contributed by atoms with E-state index in [1.165, 1.54) is 24.5 Å². The number of ether oxygens (including phenoxy) is 3. The van der Waals surface area contributed by atoms with E-state index < -0.39 is 5.97 Å². The number of amides is 1. The van der Waals surface area contributed by atoms with E-state index in [0.717, 1.165) is 40.8 Å². The molecule has 4 rings (SSSR count). The van der Waals surface area contributed by atoms with E-state index in [9.17, 15) is 9.59 Å². The molecule has 2 aromatic carbocycles. The fourth-order valence-electron chi connectivity index (χ4n) is 4.70. The van der Waals surface area contributed by atoms with Gasteiger partial charge < -0.3 is 19.5 Å². The van der Waals surface area contributed by atoms with Gasteiger partial charge in [-0.1, -0.05) is 57.2 Å². The highest BCUT2D eigenvalue weighted by Crippen LogP contribution is 2.44. The van der Waals surface area contributed by atoms with Crippen molar-refractivity contribution < 1.29 is 23.8 Å². The molecular formula is C31H35NO5S. The smallest absolute Gasteiger partial charge is 0.341 e. The molecule has 200 valence electrons. The normalized spacial score (nSPS) is 15.1. The van der Waals surface area contributed by atoms with Crippen molar-refractivity contribution in [3.05, 3.63) is 81.7 Å². The first-order valence-electron chi connectivity index (χ1n) is 12.8. The van der Waals surface area contributed by atoms with Gasteiger partial charge in [0.25, 0.3) is 0 Å². The zero-order valence-corrected chi connectivity index (χ0v) is 23.4. The molecule has 1 amide bonds. The molecule has 0 aliphatic heterocycles. The SMILES string of the molecule is COC(=O)c1c(NC(=O)/C=C/c2ccc(OCc3ccccc3)c(OC)c2)sc2c1CC[C@@H](C(C)(C)C)C2. The maximum absolute atomic E-state index is 12.9. The summed E-state index contributed by atoms with van der Waals surface area (Å²) < 4.78 is 16.5. The molecule has 0 bridgehead atoms. The van der Waals surface area contributed by atoms with Crippen LogP contribution in [-0.4, -0.2) is 26.1 Å². The van der Waals surface area contributed by atoms with Crippen LogP contribution in [0.4, 0.5) is 5.00 Å². The number of carbonyl (C=O) groups is 2. The molecule has 0 saturated heterocycles. The van der Waals surface area contributed by atoms with Gasteiger partial charge in [0.05, 0.1) is 19.8 Å². The zero-order chi connectivity index (χ0) is 27.3. The molecule has 0 unspecified atom stereocenters. The van der Waals surface area contributed by atoms with Crippen LogP contribution in [-0.2, 0) is 29.0 Å². The minimum Gasteiger partial charge on any atom is -0.493 e. The van der Waals surface area contributed by atoms with E-state index in [1.54, 1.807) is 13.2 Å². The number of nitrogens with one attached hydrogen (secondary N) is 1. The average Bonchev–Trinajstić information content (AvgIpc) is 3.27. The van der Waals surface area contributed by atoms with Gasteiger partial charge in [0, 0.05) is 11.0 Å². The Morgan fingerprint density at radius 1 is 1.08 bits per heavy atom. The van der Waals surface area contributed by atoms with Crippen molar-refractivity contribution in [2.45, 2.75) is 46.6 Å². The molecule has 0 radical (unpaired) electrons. The quantitative estimate of drug-likeness (QED) is 0.251. The van der Waals surface area contributed by atoms with Gasteiger partial charge in [0.15, 0.2) is 11.5 Å². The van der Waals surface area contributed by atoms with Crippen molar-refractivity contribution in [2.24, 2.45) is 11.3 Å². The van der Waals surface area contributed by atoms with E-state index >= 15 is 0 Å². The Kier molecular flexibility index (Phi) is 8.57. The molecule has 0 saturated carbocycles. The predicted molar refractivity (Wildman–Crippen MR) is 152 cm³/mol. The number of thiophene rings is 1. The molecule has 7 heteroatoms. The molecule has 6 nitrogen and oxygen atoms in total.